The van der Waals surface area contributed by atoms with E-state index in [0.717, 1.165) is 91.3 Å². The number of aryl methyl sites for hydroxylation is 1. The summed E-state index contributed by atoms with van der Waals surface area (Å²) in [6, 6.07) is 66.2. The lowest BCUT2D eigenvalue weighted by molar-refractivity contribution is 0.669. The molecule has 0 bridgehead atoms. The molecule has 286 valence electrons. The fourth-order valence-corrected chi connectivity index (χ4v) is 8.67. The van der Waals surface area contributed by atoms with Crippen molar-refractivity contribution in [1.82, 2.24) is 19.5 Å². The van der Waals surface area contributed by atoms with Gasteiger partial charge in [-0.1, -0.05) is 159 Å². The Hall–Kier alpha value is -7.63. The molecule has 5 heteroatoms. The first-order valence-corrected chi connectivity index (χ1v) is 20.7. The normalized spacial score (nSPS) is 11.6. The molecule has 0 aliphatic carbocycles. The highest BCUT2D eigenvalue weighted by Crippen LogP contribution is 2.41. The van der Waals surface area contributed by atoms with Crippen molar-refractivity contribution in [2.75, 3.05) is 0 Å². The van der Waals surface area contributed by atoms with Crippen molar-refractivity contribution >= 4 is 43.7 Å². The summed E-state index contributed by atoms with van der Waals surface area (Å²) in [7, 11) is 0. The van der Waals surface area contributed by atoms with Gasteiger partial charge in [0.15, 0.2) is 17.5 Å². The van der Waals surface area contributed by atoms with Crippen LogP contribution in [0.25, 0.3) is 106 Å². The maximum Gasteiger partial charge on any atom is 0.166 e. The van der Waals surface area contributed by atoms with E-state index in [1.165, 1.54) is 21.9 Å². The summed E-state index contributed by atoms with van der Waals surface area (Å²) in [5.74, 6) is 1.90. The third kappa shape index (κ3) is 6.23. The van der Waals surface area contributed by atoms with E-state index in [0.29, 0.717) is 17.5 Å². The van der Waals surface area contributed by atoms with Crippen LogP contribution in [0.2, 0.25) is 0 Å². The minimum absolute atomic E-state index is 0.619. The van der Waals surface area contributed by atoms with E-state index in [1.807, 2.05) is 18.2 Å². The second-order valence-corrected chi connectivity index (χ2v) is 15.4. The monoisotopic (exact) mass is 772 g/mol. The van der Waals surface area contributed by atoms with Gasteiger partial charge in [-0.2, -0.15) is 0 Å². The zero-order valence-corrected chi connectivity index (χ0v) is 33.2. The lowest BCUT2D eigenvalue weighted by atomic mass is 9.98. The number of hydrogen-bond acceptors (Lipinski definition) is 4. The highest BCUT2D eigenvalue weighted by molar-refractivity contribution is 6.15. The van der Waals surface area contributed by atoms with Crippen LogP contribution in [0.15, 0.2) is 192 Å². The third-order valence-corrected chi connectivity index (χ3v) is 11.7. The van der Waals surface area contributed by atoms with Crippen molar-refractivity contribution < 1.29 is 4.42 Å². The van der Waals surface area contributed by atoms with Crippen LogP contribution in [0.1, 0.15) is 25.3 Å². The molecule has 0 aliphatic heterocycles. The molecule has 0 aliphatic rings. The predicted molar refractivity (Wildman–Crippen MR) is 247 cm³/mol. The molecule has 3 heterocycles. The molecule has 0 radical (unpaired) electrons. The molecule has 0 saturated carbocycles. The van der Waals surface area contributed by atoms with Crippen LogP contribution in [0.4, 0.5) is 0 Å². The summed E-state index contributed by atoms with van der Waals surface area (Å²) >= 11 is 0. The topological polar surface area (TPSA) is 56.7 Å². The van der Waals surface area contributed by atoms with E-state index in [2.05, 4.69) is 181 Å². The van der Waals surface area contributed by atoms with Crippen LogP contribution in [0.3, 0.4) is 0 Å². The lowest BCUT2D eigenvalue weighted by Crippen LogP contribution is -2.03. The number of fused-ring (bicyclic) bond motifs is 6. The Morgan fingerprint density at radius 1 is 0.433 bits per heavy atom. The molecule has 5 nitrogen and oxygen atoms in total. The van der Waals surface area contributed by atoms with Crippen molar-refractivity contribution in [3.63, 3.8) is 0 Å². The average molecular weight is 773 g/mol. The van der Waals surface area contributed by atoms with Gasteiger partial charge in [-0.3, -0.25) is 0 Å². The van der Waals surface area contributed by atoms with Crippen molar-refractivity contribution in [2.45, 2.75) is 26.2 Å². The molecule has 0 unspecified atom stereocenters. The highest BCUT2D eigenvalue weighted by atomic mass is 16.3. The van der Waals surface area contributed by atoms with Gasteiger partial charge in [0, 0.05) is 38.2 Å². The Morgan fingerprint density at radius 2 is 1.02 bits per heavy atom. The first-order chi connectivity index (χ1) is 29.7. The summed E-state index contributed by atoms with van der Waals surface area (Å²) in [5, 5.41) is 4.59. The van der Waals surface area contributed by atoms with Gasteiger partial charge in [-0.05, 0) is 83.1 Å². The molecular weight excluding hydrogens is 733 g/mol. The van der Waals surface area contributed by atoms with Gasteiger partial charge in [0.1, 0.15) is 11.2 Å². The van der Waals surface area contributed by atoms with Crippen molar-refractivity contribution in [3.05, 3.63) is 194 Å². The van der Waals surface area contributed by atoms with Crippen molar-refractivity contribution in [1.29, 1.82) is 0 Å². The molecule has 11 aromatic rings. The van der Waals surface area contributed by atoms with Crippen molar-refractivity contribution in [3.8, 4) is 62.1 Å². The number of hydrogen-bond donors (Lipinski definition) is 0. The zero-order chi connectivity index (χ0) is 40.0. The Morgan fingerprint density at radius 3 is 1.82 bits per heavy atom. The molecule has 11 rings (SSSR count). The molecule has 0 atom stereocenters. The van der Waals surface area contributed by atoms with Gasteiger partial charge < -0.3 is 8.98 Å². The van der Waals surface area contributed by atoms with E-state index < -0.39 is 0 Å². The van der Waals surface area contributed by atoms with E-state index >= 15 is 0 Å². The molecule has 60 heavy (non-hydrogen) atoms. The highest BCUT2D eigenvalue weighted by Gasteiger charge is 2.20. The molecule has 0 amide bonds. The second-order valence-electron chi connectivity index (χ2n) is 15.4. The molecule has 0 saturated heterocycles. The predicted octanol–water partition coefficient (Wildman–Crippen LogP) is 14.5. The van der Waals surface area contributed by atoms with Gasteiger partial charge in [0.25, 0.3) is 0 Å². The molecule has 0 spiro atoms. The van der Waals surface area contributed by atoms with Crippen LogP contribution < -0.4 is 0 Å². The maximum absolute atomic E-state index is 6.28. The number of nitrogens with zero attached hydrogens (tertiary/aromatic N) is 4. The summed E-state index contributed by atoms with van der Waals surface area (Å²) in [6.07, 6.45) is 3.38. The zero-order valence-electron chi connectivity index (χ0n) is 33.2. The quantitative estimate of drug-likeness (QED) is 0.147. The summed E-state index contributed by atoms with van der Waals surface area (Å²) in [5.41, 5.74) is 13.7. The van der Waals surface area contributed by atoms with Gasteiger partial charge in [0.2, 0.25) is 0 Å². The SMILES string of the molecule is CCCCc1ccc(-c2nc(-c3ccc(-c4ccccc4)cc3)nc(-c3ccccc3-n3c4ccccc4c4cc(-c5cccc6oc7ccccc7c56)ccc43)n2)cc1. The summed E-state index contributed by atoms with van der Waals surface area (Å²) in [6.45, 7) is 2.23. The van der Waals surface area contributed by atoms with Gasteiger partial charge in [0.05, 0.1) is 16.7 Å². The summed E-state index contributed by atoms with van der Waals surface area (Å²) in [4.78, 5) is 15.6. The van der Waals surface area contributed by atoms with Crippen LogP contribution in [-0.2, 0) is 6.42 Å². The number of rotatable bonds is 9. The third-order valence-electron chi connectivity index (χ3n) is 11.7. The van der Waals surface area contributed by atoms with Crippen LogP contribution in [-0.4, -0.2) is 19.5 Å². The number of benzene rings is 8. The average Bonchev–Trinajstić information content (AvgIpc) is 3.87. The van der Waals surface area contributed by atoms with Crippen LogP contribution in [0, 0.1) is 0 Å². The van der Waals surface area contributed by atoms with E-state index in [-0.39, 0.29) is 0 Å². The van der Waals surface area contributed by atoms with E-state index in [1.54, 1.807) is 0 Å². The number of aromatic nitrogens is 4. The van der Waals surface area contributed by atoms with E-state index in [4.69, 9.17) is 19.4 Å². The lowest BCUT2D eigenvalue weighted by Gasteiger charge is -2.15. The minimum Gasteiger partial charge on any atom is -0.456 e. The molecule has 0 fully saturated rings. The van der Waals surface area contributed by atoms with E-state index in [9.17, 15) is 0 Å². The molecule has 8 aromatic carbocycles. The fourth-order valence-electron chi connectivity index (χ4n) is 8.67. The Labute approximate surface area is 348 Å². The Balaban J connectivity index is 1.08. The van der Waals surface area contributed by atoms with Gasteiger partial charge >= 0.3 is 0 Å². The number of furan rings is 1. The van der Waals surface area contributed by atoms with Crippen LogP contribution in [0.5, 0.6) is 0 Å². The van der Waals surface area contributed by atoms with Crippen molar-refractivity contribution in [2.24, 2.45) is 0 Å². The minimum atomic E-state index is 0.619. The number of para-hydroxylation sites is 3. The standard InChI is InChI=1S/C55H40N4O/c1-2-3-14-36-25-27-39(28-26-36)53-56-54(40-31-29-38(30-32-40)37-15-5-4-6-16-37)58-55(57-53)44-18-8-11-22-48(44)59-47-21-10-7-17-43(47)46-35-41(33-34-49(46)59)42-20-13-24-51-52(42)45-19-9-12-23-50(45)60-51/h4-13,15-35H,2-3,14H2,1H3. The molecule has 3 aromatic heterocycles. The Bertz CT molecular complexity index is 3340. The van der Waals surface area contributed by atoms with Crippen LogP contribution >= 0.6 is 0 Å². The smallest absolute Gasteiger partial charge is 0.166 e. The number of unbranched alkanes of at least 4 members (excludes halogenated alkanes) is 1. The first-order valence-electron chi connectivity index (χ1n) is 20.7. The molecular formula is C55H40N4O. The summed E-state index contributed by atoms with van der Waals surface area (Å²) < 4.78 is 8.64. The largest absolute Gasteiger partial charge is 0.456 e. The second kappa shape index (κ2) is 14.9. The Kier molecular flexibility index (Phi) is 8.85. The fraction of sp³-hybridized carbons (Fsp3) is 0.0727. The van der Waals surface area contributed by atoms with Gasteiger partial charge in [-0.25, -0.2) is 15.0 Å². The maximum atomic E-state index is 6.28. The molecule has 0 N–H and O–H groups in total. The first kappa shape index (κ1) is 35.5. The van der Waals surface area contributed by atoms with Gasteiger partial charge in [-0.15, -0.1) is 0 Å².